The maximum atomic E-state index is 11.1. The standard InChI is InChI=1S/C22H25N5O/c1-4-16-7-6-8-17(5-2)21(16)27-22-23-14-13-20(26-22)25-19-11-9-18(10-12-19)24-15(3)28/h6-14H,4-5H2,1-3H3,(H,24,28)(H2,23,25,26,27). The first-order valence-corrected chi connectivity index (χ1v) is 9.44. The van der Waals surface area contributed by atoms with Crippen molar-refractivity contribution in [2.45, 2.75) is 33.6 Å². The molecule has 0 saturated carbocycles. The Balaban J connectivity index is 1.77. The molecule has 3 N–H and O–H groups in total. The monoisotopic (exact) mass is 375 g/mol. The predicted molar refractivity (Wildman–Crippen MR) is 115 cm³/mol. The van der Waals surface area contributed by atoms with Gasteiger partial charge in [-0.05, 0) is 54.3 Å². The van der Waals surface area contributed by atoms with Crippen LogP contribution in [0.25, 0.3) is 0 Å². The van der Waals surface area contributed by atoms with Crippen molar-refractivity contribution in [1.82, 2.24) is 9.97 Å². The Bertz CT molecular complexity index is 931. The number of aryl methyl sites for hydroxylation is 2. The molecule has 0 atom stereocenters. The number of aromatic nitrogens is 2. The summed E-state index contributed by atoms with van der Waals surface area (Å²) in [6.45, 7) is 5.77. The second-order valence-corrected chi connectivity index (χ2v) is 6.43. The number of carbonyl (C=O) groups excluding carboxylic acids is 1. The SMILES string of the molecule is CCc1cccc(CC)c1Nc1nccc(Nc2ccc(NC(C)=O)cc2)n1. The van der Waals surface area contributed by atoms with Crippen LogP contribution in [0.5, 0.6) is 0 Å². The largest absolute Gasteiger partial charge is 0.340 e. The predicted octanol–water partition coefficient (Wildman–Crippen LogP) is 5.05. The molecule has 0 bridgehead atoms. The number of amides is 1. The number of hydrogen-bond donors (Lipinski definition) is 3. The Morgan fingerprint density at radius 1 is 0.893 bits per heavy atom. The lowest BCUT2D eigenvalue weighted by atomic mass is 10.0. The zero-order valence-corrected chi connectivity index (χ0v) is 16.4. The molecule has 6 nitrogen and oxygen atoms in total. The molecule has 0 unspecified atom stereocenters. The minimum Gasteiger partial charge on any atom is -0.340 e. The quantitative estimate of drug-likeness (QED) is 0.539. The van der Waals surface area contributed by atoms with Crippen molar-refractivity contribution in [3.63, 3.8) is 0 Å². The first-order chi connectivity index (χ1) is 13.6. The summed E-state index contributed by atoms with van der Waals surface area (Å²) in [5.41, 5.74) is 5.21. The third-order valence-corrected chi connectivity index (χ3v) is 4.37. The van der Waals surface area contributed by atoms with Gasteiger partial charge in [-0.3, -0.25) is 4.79 Å². The topological polar surface area (TPSA) is 78.9 Å². The number of hydrogen-bond acceptors (Lipinski definition) is 5. The van der Waals surface area contributed by atoms with E-state index < -0.39 is 0 Å². The summed E-state index contributed by atoms with van der Waals surface area (Å²) in [5, 5.41) is 9.41. The van der Waals surface area contributed by atoms with Crippen LogP contribution in [0, 0.1) is 0 Å². The molecule has 6 heteroatoms. The molecule has 2 aromatic carbocycles. The van der Waals surface area contributed by atoms with Crippen LogP contribution in [0.4, 0.5) is 28.8 Å². The zero-order chi connectivity index (χ0) is 19.9. The van der Waals surface area contributed by atoms with Gasteiger partial charge in [-0.25, -0.2) is 4.98 Å². The highest BCUT2D eigenvalue weighted by Gasteiger charge is 2.08. The molecule has 0 saturated heterocycles. The van der Waals surface area contributed by atoms with Gasteiger partial charge in [-0.15, -0.1) is 0 Å². The molecule has 0 aliphatic carbocycles. The van der Waals surface area contributed by atoms with Crippen LogP contribution in [0.1, 0.15) is 31.9 Å². The van der Waals surface area contributed by atoms with E-state index in [0.717, 1.165) is 29.9 Å². The molecule has 0 aliphatic rings. The van der Waals surface area contributed by atoms with Gasteiger partial charge in [0, 0.05) is 30.2 Å². The fourth-order valence-electron chi connectivity index (χ4n) is 2.99. The number of para-hydroxylation sites is 1. The van der Waals surface area contributed by atoms with Crippen LogP contribution in [0.15, 0.2) is 54.7 Å². The average molecular weight is 375 g/mol. The zero-order valence-electron chi connectivity index (χ0n) is 16.4. The second kappa shape index (κ2) is 8.99. The van der Waals surface area contributed by atoms with Crippen molar-refractivity contribution in [2.24, 2.45) is 0 Å². The lowest BCUT2D eigenvalue weighted by Crippen LogP contribution is -2.06. The Morgan fingerprint density at radius 3 is 2.14 bits per heavy atom. The maximum Gasteiger partial charge on any atom is 0.229 e. The van der Waals surface area contributed by atoms with Crippen molar-refractivity contribution in [1.29, 1.82) is 0 Å². The van der Waals surface area contributed by atoms with Gasteiger partial charge in [0.05, 0.1) is 0 Å². The molecule has 0 radical (unpaired) electrons. The van der Waals surface area contributed by atoms with Gasteiger partial charge in [-0.2, -0.15) is 4.98 Å². The second-order valence-electron chi connectivity index (χ2n) is 6.43. The first-order valence-electron chi connectivity index (χ1n) is 9.44. The normalized spacial score (nSPS) is 10.4. The molecule has 28 heavy (non-hydrogen) atoms. The summed E-state index contributed by atoms with van der Waals surface area (Å²) in [4.78, 5) is 20.1. The summed E-state index contributed by atoms with van der Waals surface area (Å²) in [6, 6.07) is 15.6. The number of anilines is 5. The number of rotatable bonds is 7. The van der Waals surface area contributed by atoms with Crippen molar-refractivity contribution >= 4 is 34.7 Å². The molecule has 1 amide bonds. The molecule has 1 heterocycles. The van der Waals surface area contributed by atoms with Gasteiger partial charge in [0.1, 0.15) is 5.82 Å². The first kappa shape index (κ1) is 19.4. The van der Waals surface area contributed by atoms with Crippen molar-refractivity contribution in [3.05, 3.63) is 65.9 Å². The fraction of sp³-hybridized carbons (Fsp3) is 0.227. The van der Waals surface area contributed by atoms with Gasteiger partial charge >= 0.3 is 0 Å². The number of nitrogens with one attached hydrogen (secondary N) is 3. The van der Waals surface area contributed by atoms with E-state index in [4.69, 9.17) is 0 Å². The van der Waals surface area contributed by atoms with Gasteiger partial charge in [0.2, 0.25) is 11.9 Å². The maximum absolute atomic E-state index is 11.1. The minimum absolute atomic E-state index is 0.0916. The number of benzene rings is 2. The summed E-state index contributed by atoms with van der Waals surface area (Å²) in [7, 11) is 0. The molecule has 0 spiro atoms. The lowest BCUT2D eigenvalue weighted by molar-refractivity contribution is -0.114. The fourth-order valence-corrected chi connectivity index (χ4v) is 2.99. The highest BCUT2D eigenvalue weighted by Crippen LogP contribution is 2.26. The van der Waals surface area contributed by atoms with Gasteiger partial charge in [0.15, 0.2) is 0 Å². The smallest absolute Gasteiger partial charge is 0.229 e. The van der Waals surface area contributed by atoms with Gasteiger partial charge in [0.25, 0.3) is 0 Å². The van der Waals surface area contributed by atoms with E-state index >= 15 is 0 Å². The summed E-state index contributed by atoms with van der Waals surface area (Å²) < 4.78 is 0. The molecular weight excluding hydrogens is 350 g/mol. The van der Waals surface area contributed by atoms with Crippen LogP contribution in [0.2, 0.25) is 0 Å². The van der Waals surface area contributed by atoms with Crippen LogP contribution < -0.4 is 16.0 Å². The third-order valence-electron chi connectivity index (χ3n) is 4.37. The van der Waals surface area contributed by atoms with E-state index in [-0.39, 0.29) is 5.91 Å². The van der Waals surface area contributed by atoms with Crippen LogP contribution in [-0.2, 0) is 17.6 Å². The van der Waals surface area contributed by atoms with E-state index in [1.807, 2.05) is 30.3 Å². The Hall–Kier alpha value is -3.41. The van der Waals surface area contributed by atoms with Gasteiger partial charge in [-0.1, -0.05) is 32.0 Å². The molecule has 1 aromatic heterocycles. The van der Waals surface area contributed by atoms with Crippen LogP contribution >= 0.6 is 0 Å². The summed E-state index contributed by atoms with van der Waals surface area (Å²) >= 11 is 0. The van der Waals surface area contributed by atoms with E-state index in [0.29, 0.717) is 11.8 Å². The van der Waals surface area contributed by atoms with E-state index in [1.165, 1.54) is 18.1 Å². The third kappa shape index (κ3) is 4.85. The van der Waals surface area contributed by atoms with Crippen LogP contribution in [0.3, 0.4) is 0 Å². The molecule has 3 aromatic rings. The van der Waals surface area contributed by atoms with E-state index in [9.17, 15) is 4.79 Å². The molecule has 0 aliphatic heterocycles. The minimum atomic E-state index is -0.0916. The number of nitrogens with zero attached hydrogens (tertiary/aromatic N) is 2. The molecule has 144 valence electrons. The van der Waals surface area contributed by atoms with Gasteiger partial charge < -0.3 is 16.0 Å². The molecular formula is C22H25N5O. The highest BCUT2D eigenvalue weighted by atomic mass is 16.1. The van der Waals surface area contributed by atoms with Crippen molar-refractivity contribution in [2.75, 3.05) is 16.0 Å². The van der Waals surface area contributed by atoms with Crippen molar-refractivity contribution < 1.29 is 4.79 Å². The average Bonchev–Trinajstić information content (AvgIpc) is 2.69. The Morgan fingerprint density at radius 2 is 1.54 bits per heavy atom. The lowest BCUT2D eigenvalue weighted by Gasteiger charge is -2.15. The summed E-state index contributed by atoms with van der Waals surface area (Å²) in [6.07, 6.45) is 3.60. The van der Waals surface area contributed by atoms with Crippen LogP contribution in [-0.4, -0.2) is 15.9 Å². The molecule has 0 fully saturated rings. The highest BCUT2D eigenvalue weighted by molar-refractivity contribution is 5.88. The Labute approximate surface area is 165 Å². The molecule has 3 rings (SSSR count). The van der Waals surface area contributed by atoms with E-state index in [2.05, 4.69) is 58.0 Å². The summed E-state index contributed by atoms with van der Waals surface area (Å²) in [5.74, 6) is 1.15. The Kier molecular flexibility index (Phi) is 6.22. The van der Waals surface area contributed by atoms with Crippen molar-refractivity contribution in [3.8, 4) is 0 Å². The van der Waals surface area contributed by atoms with E-state index in [1.54, 1.807) is 6.20 Å². The number of carbonyl (C=O) groups is 1.